The Labute approximate surface area is 131 Å². The van der Waals surface area contributed by atoms with E-state index in [1.165, 1.54) is 0 Å². The minimum atomic E-state index is 0.0210. The predicted octanol–water partition coefficient (Wildman–Crippen LogP) is 1.23. The number of fused-ring (bicyclic) bond motifs is 1. The molecule has 0 saturated carbocycles. The molecule has 3 atom stereocenters. The fraction of sp³-hybridized carbons (Fsp3) is 0.688. The molecule has 22 heavy (non-hydrogen) atoms. The van der Waals surface area contributed by atoms with Gasteiger partial charge < -0.3 is 15.0 Å². The van der Waals surface area contributed by atoms with Crippen molar-refractivity contribution in [1.82, 2.24) is 15.3 Å². The molecular formula is C16H24N4O2. The second-order valence-electron chi connectivity index (χ2n) is 6.42. The Bertz CT molecular complexity index is 508. The maximum Gasteiger partial charge on any atom is 0.225 e. The third kappa shape index (κ3) is 3.21. The summed E-state index contributed by atoms with van der Waals surface area (Å²) in [6.07, 6.45) is 5.41. The molecule has 3 heterocycles. The molecule has 6 heteroatoms. The van der Waals surface area contributed by atoms with E-state index in [9.17, 15) is 4.79 Å². The lowest BCUT2D eigenvalue weighted by Gasteiger charge is -2.44. The first-order valence-electron chi connectivity index (χ1n) is 8.09. The average molecular weight is 304 g/mol. The molecule has 0 aromatic carbocycles. The van der Waals surface area contributed by atoms with E-state index >= 15 is 0 Å². The summed E-state index contributed by atoms with van der Waals surface area (Å²) in [4.78, 5) is 23.3. The molecule has 0 aliphatic carbocycles. The summed E-state index contributed by atoms with van der Waals surface area (Å²) in [5.41, 5.74) is 0. The van der Waals surface area contributed by atoms with Crippen LogP contribution in [0.15, 0.2) is 18.5 Å². The lowest BCUT2D eigenvalue weighted by molar-refractivity contribution is -0.137. The largest absolute Gasteiger partial charge is 0.378 e. The highest BCUT2D eigenvalue weighted by molar-refractivity contribution is 5.79. The van der Waals surface area contributed by atoms with Gasteiger partial charge in [0.2, 0.25) is 11.9 Å². The smallest absolute Gasteiger partial charge is 0.225 e. The van der Waals surface area contributed by atoms with Crippen LogP contribution < -0.4 is 10.2 Å². The number of hydrogen-bond acceptors (Lipinski definition) is 5. The van der Waals surface area contributed by atoms with Crippen molar-refractivity contribution in [3.8, 4) is 0 Å². The Morgan fingerprint density at radius 3 is 2.86 bits per heavy atom. The summed E-state index contributed by atoms with van der Waals surface area (Å²) < 4.78 is 5.90. The van der Waals surface area contributed by atoms with E-state index < -0.39 is 0 Å². The highest BCUT2D eigenvalue weighted by atomic mass is 16.5. The van der Waals surface area contributed by atoms with Crippen LogP contribution in [0.4, 0.5) is 5.95 Å². The third-order valence-electron chi connectivity index (χ3n) is 4.47. The summed E-state index contributed by atoms with van der Waals surface area (Å²) in [6, 6.07) is 1.99. The maximum absolute atomic E-state index is 12.5. The highest BCUT2D eigenvalue weighted by Crippen LogP contribution is 2.34. The van der Waals surface area contributed by atoms with Gasteiger partial charge >= 0.3 is 0 Å². The molecule has 2 saturated heterocycles. The van der Waals surface area contributed by atoms with Gasteiger partial charge in [-0.15, -0.1) is 0 Å². The zero-order valence-electron chi connectivity index (χ0n) is 13.2. The number of carbonyl (C=O) groups excluding carboxylic acids is 1. The van der Waals surface area contributed by atoms with Crippen molar-refractivity contribution in [2.45, 2.75) is 38.8 Å². The van der Waals surface area contributed by atoms with Gasteiger partial charge in [0.1, 0.15) is 0 Å². The fourth-order valence-corrected chi connectivity index (χ4v) is 3.47. The lowest BCUT2D eigenvalue weighted by atomic mass is 9.79. The first-order valence-corrected chi connectivity index (χ1v) is 8.09. The van der Waals surface area contributed by atoms with Crippen molar-refractivity contribution in [1.29, 1.82) is 0 Å². The first kappa shape index (κ1) is 15.2. The molecule has 0 unspecified atom stereocenters. The van der Waals surface area contributed by atoms with Crippen LogP contribution in [0.3, 0.4) is 0 Å². The third-order valence-corrected chi connectivity index (χ3v) is 4.47. The second-order valence-corrected chi connectivity index (χ2v) is 6.42. The predicted molar refractivity (Wildman–Crippen MR) is 83.5 cm³/mol. The van der Waals surface area contributed by atoms with Crippen LogP contribution in [-0.2, 0) is 9.53 Å². The Balaban J connectivity index is 1.73. The van der Waals surface area contributed by atoms with Gasteiger partial charge in [0.15, 0.2) is 0 Å². The lowest BCUT2D eigenvalue weighted by Crippen LogP contribution is -2.54. The highest BCUT2D eigenvalue weighted by Gasteiger charge is 2.42. The molecule has 1 N–H and O–H groups in total. The van der Waals surface area contributed by atoms with Crippen molar-refractivity contribution in [3.63, 3.8) is 0 Å². The number of carbonyl (C=O) groups is 1. The molecule has 1 aromatic rings. The molecule has 6 nitrogen and oxygen atoms in total. The number of amides is 1. The molecule has 2 aliphatic heterocycles. The standard InChI is InChI=1S/C16H24N4O2/c1-11(2)19-15(21)12-5-9-22-14-4-8-20(10-13(12)14)16-17-6-3-7-18-16/h3,6-7,11-14H,4-5,8-10H2,1-2H3,(H,19,21)/t12-,13+,14-/m1/s1. The van der Waals surface area contributed by atoms with E-state index in [-0.39, 0.29) is 29.9 Å². The first-order chi connectivity index (χ1) is 10.6. The van der Waals surface area contributed by atoms with Crippen LogP contribution in [-0.4, -0.2) is 47.7 Å². The van der Waals surface area contributed by atoms with Gasteiger partial charge in [0.25, 0.3) is 0 Å². The minimum Gasteiger partial charge on any atom is -0.378 e. The van der Waals surface area contributed by atoms with Crippen LogP contribution in [0.5, 0.6) is 0 Å². The summed E-state index contributed by atoms with van der Waals surface area (Å²) >= 11 is 0. The zero-order valence-corrected chi connectivity index (χ0v) is 13.2. The molecule has 2 aliphatic rings. The number of nitrogens with zero attached hydrogens (tertiary/aromatic N) is 3. The molecule has 1 amide bonds. The van der Waals surface area contributed by atoms with Gasteiger partial charge in [-0.3, -0.25) is 4.79 Å². The molecular weight excluding hydrogens is 280 g/mol. The Kier molecular flexibility index (Phi) is 4.57. The normalized spacial score (nSPS) is 28.3. The monoisotopic (exact) mass is 304 g/mol. The van der Waals surface area contributed by atoms with E-state index in [0.717, 1.165) is 31.9 Å². The van der Waals surface area contributed by atoms with Crippen molar-refractivity contribution >= 4 is 11.9 Å². The van der Waals surface area contributed by atoms with Gasteiger partial charge in [0.05, 0.1) is 6.10 Å². The number of anilines is 1. The van der Waals surface area contributed by atoms with E-state index in [0.29, 0.717) is 6.61 Å². The molecule has 3 rings (SSSR count). The molecule has 0 bridgehead atoms. The average Bonchev–Trinajstić information content (AvgIpc) is 2.54. The van der Waals surface area contributed by atoms with E-state index in [1.807, 2.05) is 19.9 Å². The minimum absolute atomic E-state index is 0.0210. The number of rotatable bonds is 3. The van der Waals surface area contributed by atoms with Crippen LogP contribution in [0.25, 0.3) is 0 Å². The summed E-state index contributed by atoms with van der Waals surface area (Å²) in [5, 5.41) is 3.06. The van der Waals surface area contributed by atoms with E-state index in [4.69, 9.17) is 4.74 Å². The molecule has 2 fully saturated rings. The van der Waals surface area contributed by atoms with Crippen molar-refractivity contribution in [2.75, 3.05) is 24.6 Å². The van der Waals surface area contributed by atoms with Gasteiger partial charge in [-0.1, -0.05) is 0 Å². The van der Waals surface area contributed by atoms with Crippen molar-refractivity contribution in [2.24, 2.45) is 11.8 Å². The maximum atomic E-state index is 12.5. The van der Waals surface area contributed by atoms with Crippen molar-refractivity contribution in [3.05, 3.63) is 18.5 Å². The number of piperidine rings is 1. The van der Waals surface area contributed by atoms with Crippen LogP contribution in [0.2, 0.25) is 0 Å². The Hall–Kier alpha value is -1.69. The quantitative estimate of drug-likeness (QED) is 0.910. The number of hydrogen-bond donors (Lipinski definition) is 1. The van der Waals surface area contributed by atoms with E-state index in [2.05, 4.69) is 20.2 Å². The summed E-state index contributed by atoms with van der Waals surface area (Å²) in [5.74, 6) is 1.14. The van der Waals surface area contributed by atoms with Crippen LogP contribution >= 0.6 is 0 Å². The molecule has 1 aromatic heterocycles. The Morgan fingerprint density at radius 1 is 1.36 bits per heavy atom. The van der Waals surface area contributed by atoms with Gasteiger partial charge in [-0.05, 0) is 32.8 Å². The van der Waals surface area contributed by atoms with Crippen LogP contribution in [0.1, 0.15) is 26.7 Å². The number of aromatic nitrogens is 2. The number of ether oxygens (including phenoxy) is 1. The van der Waals surface area contributed by atoms with Crippen molar-refractivity contribution < 1.29 is 9.53 Å². The molecule has 120 valence electrons. The zero-order chi connectivity index (χ0) is 15.5. The number of nitrogens with one attached hydrogen (secondary N) is 1. The summed E-state index contributed by atoms with van der Waals surface area (Å²) in [7, 11) is 0. The van der Waals surface area contributed by atoms with E-state index in [1.54, 1.807) is 12.4 Å². The Morgan fingerprint density at radius 2 is 2.14 bits per heavy atom. The molecule has 0 radical (unpaired) electrons. The molecule has 0 spiro atoms. The van der Waals surface area contributed by atoms with Crippen LogP contribution in [0, 0.1) is 11.8 Å². The summed E-state index contributed by atoms with van der Waals surface area (Å²) in [6.45, 7) is 6.34. The SMILES string of the molecule is CC(C)NC(=O)[C@@H]1CCO[C@@H]2CCN(c3ncccn3)C[C@H]21. The fourth-order valence-electron chi connectivity index (χ4n) is 3.47. The second kappa shape index (κ2) is 6.60. The topological polar surface area (TPSA) is 67.3 Å². The van der Waals surface area contributed by atoms with Gasteiger partial charge in [-0.25, -0.2) is 9.97 Å². The van der Waals surface area contributed by atoms with Gasteiger partial charge in [0, 0.05) is 50.0 Å². The van der Waals surface area contributed by atoms with Gasteiger partial charge in [-0.2, -0.15) is 0 Å².